The average Bonchev–Trinajstić information content (AvgIpc) is 2.16. The molecule has 0 spiro atoms. The van der Waals surface area contributed by atoms with Crippen LogP contribution in [-0.4, -0.2) is 21.8 Å². The van der Waals surface area contributed by atoms with E-state index in [0.717, 1.165) is 11.8 Å². The standard InChI is InChI=1S/C9H13NO4S/c1-13-7-8-5-3-4-6-9(8)10-14-15(2,11)12/h3-6,10H,7H2,1-2H3. The zero-order valence-electron chi connectivity index (χ0n) is 8.56. The molecule has 0 bridgehead atoms. The summed E-state index contributed by atoms with van der Waals surface area (Å²) in [6.07, 6.45) is 0.971. The van der Waals surface area contributed by atoms with Gasteiger partial charge >= 0.3 is 0 Å². The maximum Gasteiger partial charge on any atom is 0.284 e. The van der Waals surface area contributed by atoms with Crippen LogP contribution in [0.2, 0.25) is 0 Å². The molecule has 1 N–H and O–H groups in total. The molecule has 0 unspecified atom stereocenters. The maximum absolute atomic E-state index is 10.8. The van der Waals surface area contributed by atoms with Gasteiger partial charge in [0.2, 0.25) is 0 Å². The molecule has 0 heterocycles. The molecule has 0 aromatic heterocycles. The third-order valence-electron chi connectivity index (χ3n) is 1.62. The van der Waals surface area contributed by atoms with Gasteiger partial charge in [-0.15, -0.1) is 0 Å². The molecular formula is C9H13NO4S. The van der Waals surface area contributed by atoms with Crippen LogP contribution in [0.5, 0.6) is 0 Å². The van der Waals surface area contributed by atoms with Crippen molar-refractivity contribution in [2.75, 3.05) is 18.8 Å². The Kier molecular flexibility index (Phi) is 4.07. The van der Waals surface area contributed by atoms with Crippen LogP contribution < -0.4 is 5.48 Å². The van der Waals surface area contributed by atoms with Crippen molar-refractivity contribution in [3.63, 3.8) is 0 Å². The minimum atomic E-state index is -3.51. The van der Waals surface area contributed by atoms with Crippen molar-refractivity contribution in [3.8, 4) is 0 Å². The number of rotatable bonds is 5. The Morgan fingerprint density at radius 1 is 1.33 bits per heavy atom. The molecular weight excluding hydrogens is 218 g/mol. The molecule has 1 aromatic rings. The lowest BCUT2D eigenvalue weighted by Crippen LogP contribution is -2.10. The highest BCUT2D eigenvalue weighted by Gasteiger charge is 2.05. The predicted molar refractivity (Wildman–Crippen MR) is 56.7 cm³/mol. The average molecular weight is 231 g/mol. The van der Waals surface area contributed by atoms with E-state index in [4.69, 9.17) is 4.74 Å². The first-order chi connectivity index (χ1) is 7.03. The fourth-order valence-electron chi connectivity index (χ4n) is 1.02. The Morgan fingerprint density at radius 2 is 2.00 bits per heavy atom. The van der Waals surface area contributed by atoms with Gasteiger partial charge in [0, 0.05) is 12.7 Å². The van der Waals surface area contributed by atoms with Crippen molar-refractivity contribution in [2.45, 2.75) is 6.61 Å². The zero-order valence-corrected chi connectivity index (χ0v) is 9.37. The molecule has 0 amide bonds. The van der Waals surface area contributed by atoms with Crippen LogP contribution >= 0.6 is 0 Å². The third kappa shape index (κ3) is 4.28. The Labute approximate surface area is 89.1 Å². The molecule has 0 radical (unpaired) electrons. The molecule has 1 aromatic carbocycles. The summed E-state index contributed by atoms with van der Waals surface area (Å²) >= 11 is 0. The molecule has 6 heteroatoms. The van der Waals surface area contributed by atoms with Crippen LogP contribution in [0.1, 0.15) is 5.56 Å². The molecule has 1 rings (SSSR count). The van der Waals surface area contributed by atoms with Crippen molar-refractivity contribution in [1.82, 2.24) is 0 Å². The van der Waals surface area contributed by atoms with Crippen LogP contribution in [0.4, 0.5) is 5.69 Å². The van der Waals surface area contributed by atoms with E-state index >= 15 is 0 Å². The monoisotopic (exact) mass is 231 g/mol. The second kappa shape index (κ2) is 5.11. The van der Waals surface area contributed by atoms with E-state index in [2.05, 4.69) is 9.76 Å². The molecule has 0 saturated heterocycles. The SMILES string of the molecule is COCc1ccccc1NOS(C)(=O)=O. The first-order valence-electron chi connectivity index (χ1n) is 4.24. The summed E-state index contributed by atoms with van der Waals surface area (Å²) in [6.45, 7) is 0.385. The van der Waals surface area contributed by atoms with E-state index in [1.54, 1.807) is 19.2 Å². The summed E-state index contributed by atoms with van der Waals surface area (Å²) in [5, 5.41) is 0. The van der Waals surface area contributed by atoms with Crippen LogP contribution in [0.25, 0.3) is 0 Å². The lowest BCUT2D eigenvalue weighted by atomic mass is 10.2. The molecule has 0 fully saturated rings. The van der Waals surface area contributed by atoms with Crippen molar-refractivity contribution in [2.24, 2.45) is 0 Å². The van der Waals surface area contributed by atoms with Gasteiger partial charge < -0.3 is 4.74 Å². The molecule has 0 aliphatic carbocycles. The predicted octanol–water partition coefficient (Wildman–Crippen LogP) is 1.14. The number of hydrogen-bond donors (Lipinski definition) is 1. The second-order valence-corrected chi connectivity index (χ2v) is 4.55. The lowest BCUT2D eigenvalue weighted by Gasteiger charge is -2.09. The normalized spacial score (nSPS) is 11.3. The Bertz CT molecular complexity index is 416. The van der Waals surface area contributed by atoms with Crippen molar-refractivity contribution < 1.29 is 17.4 Å². The second-order valence-electron chi connectivity index (χ2n) is 2.98. The van der Waals surface area contributed by atoms with Gasteiger partial charge in [-0.05, 0) is 6.07 Å². The maximum atomic E-state index is 10.8. The molecule has 0 aliphatic heterocycles. The topological polar surface area (TPSA) is 64.6 Å². The Balaban J connectivity index is 2.75. The number of benzene rings is 1. The highest BCUT2D eigenvalue weighted by molar-refractivity contribution is 7.86. The van der Waals surface area contributed by atoms with E-state index < -0.39 is 10.1 Å². The first-order valence-corrected chi connectivity index (χ1v) is 6.06. The van der Waals surface area contributed by atoms with Crippen LogP contribution in [0.3, 0.4) is 0 Å². The van der Waals surface area contributed by atoms with Crippen LogP contribution in [0.15, 0.2) is 24.3 Å². The van der Waals surface area contributed by atoms with Crippen LogP contribution in [0, 0.1) is 0 Å². The van der Waals surface area contributed by atoms with Gasteiger partial charge in [-0.1, -0.05) is 18.2 Å². The Hall–Kier alpha value is -1.11. The van der Waals surface area contributed by atoms with E-state index in [1.807, 2.05) is 12.1 Å². The molecule has 5 nitrogen and oxygen atoms in total. The summed E-state index contributed by atoms with van der Waals surface area (Å²) in [7, 11) is -1.94. The van der Waals surface area contributed by atoms with Gasteiger partial charge in [0.25, 0.3) is 10.1 Å². The smallest absolute Gasteiger partial charge is 0.284 e. The lowest BCUT2D eigenvalue weighted by molar-refractivity contribution is 0.185. The van der Waals surface area contributed by atoms with Crippen molar-refractivity contribution in [3.05, 3.63) is 29.8 Å². The van der Waals surface area contributed by atoms with E-state index in [1.165, 1.54) is 0 Å². The quantitative estimate of drug-likeness (QED) is 0.770. The molecule has 15 heavy (non-hydrogen) atoms. The van der Waals surface area contributed by atoms with E-state index in [0.29, 0.717) is 12.3 Å². The first kappa shape index (κ1) is 12.0. The highest BCUT2D eigenvalue weighted by Crippen LogP contribution is 2.16. The number of para-hydroxylation sites is 1. The van der Waals surface area contributed by atoms with Gasteiger partial charge in [0.1, 0.15) is 0 Å². The van der Waals surface area contributed by atoms with Gasteiger partial charge in [0.05, 0.1) is 18.6 Å². The summed E-state index contributed by atoms with van der Waals surface area (Å²) in [5.41, 5.74) is 3.77. The summed E-state index contributed by atoms with van der Waals surface area (Å²) in [6, 6.07) is 7.13. The van der Waals surface area contributed by atoms with E-state index in [-0.39, 0.29) is 0 Å². The molecule has 0 saturated carbocycles. The van der Waals surface area contributed by atoms with Gasteiger partial charge in [-0.2, -0.15) is 12.7 Å². The summed E-state index contributed by atoms with van der Waals surface area (Å²) < 4.78 is 30.9. The van der Waals surface area contributed by atoms with Crippen molar-refractivity contribution >= 4 is 15.8 Å². The minimum absolute atomic E-state index is 0.385. The number of methoxy groups -OCH3 is 1. The number of hydrogen-bond acceptors (Lipinski definition) is 5. The van der Waals surface area contributed by atoms with Crippen LogP contribution in [-0.2, 0) is 25.7 Å². The number of ether oxygens (including phenoxy) is 1. The van der Waals surface area contributed by atoms with Gasteiger partial charge in [0.15, 0.2) is 0 Å². The van der Waals surface area contributed by atoms with Crippen molar-refractivity contribution in [1.29, 1.82) is 0 Å². The highest BCUT2D eigenvalue weighted by atomic mass is 32.2. The number of nitrogens with one attached hydrogen (secondary N) is 1. The van der Waals surface area contributed by atoms with Gasteiger partial charge in [-0.3, -0.25) is 0 Å². The largest absolute Gasteiger partial charge is 0.380 e. The van der Waals surface area contributed by atoms with Gasteiger partial charge in [-0.25, -0.2) is 5.48 Å². The summed E-state index contributed by atoms with van der Waals surface area (Å²) in [4.78, 5) is 0. The fraction of sp³-hybridized carbons (Fsp3) is 0.333. The summed E-state index contributed by atoms with van der Waals surface area (Å²) in [5.74, 6) is 0. The zero-order chi connectivity index (χ0) is 11.3. The molecule has 84 valence electrons. The minimum Gasteiger partial charge on any atom is -0.380 e. The molecule has 0 aliphatic rings. The third-order valence-corrected chi connectivity index (χ3v) is 2.01. The number of anilines is 1. The van der Waals surface area contributed by atoms with E-state index in [9.17, 15) is 8.42 Å². The molecule has 0 atom stereocenters. The Morgan fingerprint density at radius 3 is 2.60 bits per heavy atom. The fourth-order valence-corrected chi connectivity index (χ4v) is 1.26.